The van der Waals surface area contributed by atoms with Crippen molar-refractivity contribution in [2.45, 2.75) is 24.8 Å². The Kier molecular flexibility index (Phi) is 6.02. The number of carbonyl (C=O) groups is 2. The lowest BCUT2D eigenvalue weighted by molar-refractivity contribution is -0.139. The number of carbonyl (C=O) groups excluding carboxylic acids is 2. The topological polar surface area (TPSA) is 96.0 Å². The number of hydrogen-bond acceptors (Lipinski definition) is 5. The molecule has 0 aromatic heterocycles. The Morgan fingerprint density at radius 3 is 2.08 bits per heavy atom. The van der Waals surface area contributed by atoms with E-state index in [0.29, 0.717) is 31.9 Å². The quantitative estimate of drug-likeness (QED) is 0.791. The number of nitrogens with zero attached hydrogens (tertiary/aromatic N) is 2. The fourth-order valence-electron chi connectivity index (χ4n) is 2.62. The van der Waals surface area contributed by atoms with Crippen LogP contribution in [0.2, 0.25) is 0 Å². The van der Waals surface area contributed by atoms with E-state index in [0.717, 1.165) is 0 Å². The van der Waals surface area contributed by atoms with Crippen molar-refractivity contribution in [3.05, 3.63) is 24.3 Å². The summed E-state index contributed by atoms with van der Waals surface area (Å²) in [4.78, 5) is 27.1. The first-order valence-electron chi connectivity index (χ1n) is 7.95. The van der Waals surface area contributed by atoms with Gasteiger partial charge in [0.1, 0.15) is 5.75 Å². The molecule has 2 rings (SSSR count). The minimum atomic E-state index is -3.81. The van der Waals surface area contributed by atoms with Gasteiger partial charge in [0, 0.05) is 33.1 Å². The number of hydrogen-bond donors (Lipinski definition) is 1. The highest BCUT2D eigenvalue weighted by molar-refractivity contribution is 7.89. The lowest BCUT2D eigenvalue weighted by Gasteiger charge is -2.35. The summed E-state index contributed by atoms with van der Waals surface area (Å²) in [6.07, 6.45) is 0. The van der Waals surface area contributed by atoms with E-state index in [1.165, 1.54) is 33.1 Å². The van der Waals surface area contributed by atoms with Crippen molar-refractivity contribution in [2.75, 3.05) is 33.3 Å². The van der Waals surface area contributed by atoms with Gasteiger partial charge in [-0.15, -0.1) is 0 Å². The summed E-state index contributed by atoms with van der Waals surface area (Å²) in [5.74, 6) is 0.215. The van der Waals surface area contributed by atoms with Gasteiger partial charge < -0.3 is 14.5 Å². The predicted octanol–water partition coefficient (Wildman–Crippen LogP) is 0.0527. The summed E-state index contributed by atoms with van der Waals surface area (Å²) in [7, 11) is -2.32. The molecule has 2 amide bonds. The summed E-state index contributed by atoms with van der Waals surface area (Å²) < 4.78 is 32.2. The normalized spacial score (nSPS) is 16.4. The molecule has 1 aliphatic heterocycles. The summed E-state index contributed by atoms with van der Waals surface area (Å²) in [5.41, 5.74) is 0. The molecular formula is C16H23N3O5S. The van der Waals surface area contributed by atoms with E-state index in [9.17, 15) is 18.0 Å². The van der Waals surface area contributed by atoms with E-state index < -0.39 is 16.1 Å². The van der Waals surface area contributed by atoms with Crippen LogP contribution in [0.3, 0.4) is 0 Å². The van der Waals surface area contributed by atoms with E-state index in [4.69, 9.17) is 4.74 Å². The maximum absolute atomic E-state index is 12.5. The highest BCUT2D eigenvalue weighted by Gasteiger charge is 2.28. The van der Waals surface area contributed by atoms with E-state index in [-0.39, 0.29) is 16.7 Å². The van der Waals surface area contributed by atoms with Crippen molar-refractivity contribution in [3.63, 3.8) is 0 Å². The van der Waals surface area contributed by atoms with Crippen LogP contribution in [0, 0.1) is 0 Å². The number of methoxy groups -OCH3 is 1. The van der Waals surface area contributed by atoms with Crippen molar-refractivity contribution in [1.82, 2.24) is 14.5 Å². The van der Waals surface area contributed by atoms with Gasteiger partial charge in [-0.1, -0.05) is 0 Å². The molecule has 0 aliphatic carbocycles. The second kappa shape index (κ2) is 7.83. The largest absolute Gasteiger partial charge is 0.497 e. The minimum absolute atomic E-state index is 0.0274. The second-order valence-electron chi connectivity index (χ2n) is 5.85. The number of sulfonamides is 1. The zero-order valence-electron chi connectivity index (χ0n) is 14.6. The summed E-state index contributed by atoms with van der Waals surface area (Å²) in [6.45, 7) is 4.71. The number of ether oxygens (including phenoxy) is 1. The molecule has 1 heterocycles. The van der Waals surface area contributed by atoms with Gasteiger partial charge >= 0.3 is 0 Å². The van der Waals surface area contributed by atoms with Crippen LogP contribution in [0.15, 0.2) is 29.2 Å². The van der Waals surface area contributed by atoms with Gasteiger partial charge in [-0.05, 0) is 31.2 Å². The Balaban J connectivity index is 1.99. The van der Waals surface area contributed by atoms with Crippen molar-refractivity contribution < 1.29 is 22.7 Å². The third-order valence-corrected chi connectivity index (χ3v) is 5.67. The van der Waals surface area contributed by atoms with Gasteiger partial charge in [0.2, 0.25) is 21.8 Å². The molecule has 0 spiro atoms. The number of benzene rings is 1. The molecule has 0 bridgehead atoms. The first-order valence-corrected chi connectivity index (χ1v) is 9.43. The van der Waals surface area contributed by atoms with Crippen LogP contribution in [0.5, 0.6) is 5.75 Å². The van der Waals surface area contributed by atoms with Gasteiger partial charge in [0.25, 0.3) is 0 Å². The molecule has 8 nitrogen and oxygen atoms in total. The standard InChI is InChI=1S/C16H23N3O5S/c1-12(16(21)19-10-8-18(9-11-19)13(2)20)17-25(22,23)15-6-4-14(24-3)5-7-15/h4-7,12,17H,8-11H2,1-3H3/t12-/m0/s1. The Morgan fingerprint density at radius 2 is 1.60 bits per heavy atom. The van der Waals surface area contributed by atoms with Crippen molar-refractivity contribution in [1.29, 1.82) is 0 Å². The molecular weight excluding hydrogens is 346 g/mol. The SMILES string of the molecule is COc1ccc(S(=O)(=O)N[C@@H](C)C(=O)N2CCN(C(C)=O)CC2)cc1. The summed E-state index contributed by atoms with van der Waals surface area (Å²) >= 11 is 0. The molecule has 1 N–H and O–H groups in total. The van der Waals surface area contributed by atoms with E-state index in [1.807, 2.05) is 0 Å². The van der Waals surface area contributed by atoms with E-state index in [2.05, 4.69) is 4.72 Å². The van der Waals surface area contributed by atoms with Gasteiger partial charge in [-0.25, -0.2) is 8.42 Å². The van der Waals surface area contributed by atoms with E-state index in [1.54, 1.807) is 21.9 Å². The average Bonchev–Trinajstić information content (AvgIpc) is 2.60. The fourth-order valence-corrected chi connectivity index (χ4v) is 3.82. The van der Waals surface area contributed by atoms with Crippen molar-refractivity contribution >= 4 is 21.8 Å². The number of piperazine rings is 1. The third kappa shape index (κ3) is 4.70. The van der Waals surface area contributed by atoms with Crippen molar-refractivity contribution in [3.8, 4) is 5.75 Å². The lowest BCUT2D eigenvalue weighted by atomic mass is 10.2. The molecule has 0 unspecified atom stereocenters. The molecule has 1 atom stereocenters. The van der Waals surface area contributed by atoms with Gasteiger partial charge in [-0.2, -0.15) is 4.72 Å². The highest BCUT2D eigenvalue weighted by atomic mass is 32.2. The van der Waals surface area contributed by atoms with Crippen molar-refractivity contribution in [2.24, 2.45) is 0 Å². The molecule has 9 heteroatoms. The molecule has 25 heavy (non-hydrogen) atoms. The van der Waals surface area contributed by atoms with Crippen LogP contribution in [-0.4, -0.2) is 69.4 Å². The van der Waals surface area contributed by atoms with Crippen LogP contribution in [-0.2, 0) is 19.6 Å². The summed E-state index contributed by atoms with van der Waals surface area (Å²) in [6, 6.07) is 5.04. The smallest absolute Gasteiger partial charge is 0.241 e. The predicted molar refractivity (Wildman–Crippen MR) is 91.6 cm³/mol. The number of amides is 2. The van der Waals surface area contributed by atoms with Gasteiger partial charge in [0.05, 0.1) is 18.0 Å². The Labute approximate surface area is 147 Å². The maximum Gasteiger partial charge on any atom is 0.241 e. The highest BCUT2D eigenvalue weighted by Crippen LogP contribution is 2.16. The molecule has 138 valence electrons. The Bertz CT molecular complexity index is 725. The molecule has 1 aliphatic rings. The zero-order chi connectivity index (χ0) is 18.6. The van der Waals surface area contributed by atoms with Crippen LogP contribution in [0.25, 0.3) is 0 Å². The molecule has 1 fully saturated rings. The van der Waals surface area contributed by atoms with Crippen LogP contribution >= 0.6 is 0 Å². The molecule has 1 saturated heterocycles. The van der Waals surface area contributed by atoms with Crippen LogP contribution in [0.1, 0.15) is 13.8 Å². The fraction of sp³-hybridized carbons (Fsp3) is 0.500. The third-order valence-electron chi connectivity index (χ3n) is 4.11. The summed E-state index contributed by atoms with van der Waals surface area (Å²) in [5, 5.41) is 0. The monoisotopic (exact) mass is 369 g/mol. The maximum atomic E-state index is 12.5. The number of rotatable bonds is 5. The zero-order valence-corrected chi connectivity index (χ0v) is 15.4. The molecule has 0 saturated carbocycles. The first kappa shape index (κ1) is 19.2. The number of nitrogens with one attached hydrogen (secondary N) is 1. The lowest BCUT2D eigenvalue weighted by Crippen LogP contribution is -2.54. The van der Waals surface area contributed by atoms with E-state index >= 15 is 0 Å². The molecule has 1 aromatic rings. The Hall–Kier alpha value is -2.13. The molecule has 1 aromatic carbocycles. The van der Waals surface area contributed by atoms with Crippen LogP contribution < -0.4 is 9.46 Å². The molecule has 0 radical (unpaired) electrons. The average molecular weight is 369 g/mol. The van der Waals surface area contributed by atoms with Gasteiger partial charge in [0.15, 0.2) is 0 Å². The van der Waals surface area contributed by atoms with Gasteiger partial charge in [-0.3, -0.25) is 9.59 Å². The second-order valence-corrected chi connectivity index (χ2v) is 7.56. The first-order chi connectivity index (χ1) is 11.7. The minimum Gasteiger partial charge on any atom is -0.497 e. The van der Waals surface area contributed by atoms with Crippen LogP contribution in [0.4, 0.5) is 0 Å². The Morgan fingerprint density at radius 1 is 1.08 bits per heavy atom.